The van der Waals surface area contributed by atoms with Gasteiger partial charge in [0, 0.05) is 23.0 Å². The number of fused-ring (bicyclic) bond motifs is 1. The van der Waals surface area contributed by atoms with Crippen LogP contribution in [-0.2, 0) is 0 Å². The zero-order chi connectivity index (χ0) is 26.5. The van der Waals surface area contributed by atoms with Gasteiger partial charge in [0.2, 0.25) is 0 Å². The van der Waals surface area contributed by atoms with E-state index in [-0.39, 0.29) is 5.52 Å². The lowest BCUT2D eigenvalue weighted by molar-refractivity contribution is 0.636. The third-order valence-electron chi connectivity index (χ3n) is 6.14. The van der Waals surface area contributed by atoms with E-state index in [1.807, 2.05) is 50.4 Å². The standard InChI is InChI=1S/C30H30FN5S/c1-7-18(4)33-24(9-3)14-21(8-2)23-15-26-28(35-36-29(26)27(31)16-23)20(6)34-30-19(5)25(10-12-32-30)22-11-13-37-17-22/h8-17,33H,3-4,6-7H2,1-2,5H3,(H,32,34)(H,35,36)/b21-8+,24-14+. The number of aromatic amines is 1. The van der Waals surface area contributed by atoms with Gasteiger partial charge in [-0.1, -0.05) is 32.7 Å². The van der Waals surface area contributed by atoms with E-state index in [9.17, 15) is 0 Å². The van der Waals surface area contributed by atoms with Crippen molar-refractivity contribution in [3.63, 3.8) is 0 Å². The fraction of sp³-hybridized carbons (Fsp3) is 0.133. The number of benzene rings is 1. The smallest absolute Gasteiger partial charge is 0.151 e. The number of hydrogen-bond acceptors (Lipinski definition) is 5. The van der Waals surface area contributed by atoms with Crippen LogP contribution in [0.1, 0.15) is 37.1 Å². The number of aromatic nitrogens is 3. The summed E-state index contributed by atoms with van der Waals surface area (Å²) in [4.78, 5) is 4.51. The summed E-state index contributed by atoms with van der Waals surface area (Å²) < 4.78 is 15.2. The molecule has 188 valence electrons. The number of rotatable bonds is 10. The normalized spacial score (nSPS) is 12.0. The molecule has 0 atom stereocenters. The van der Waals surface area contributed by atoms with Crippen LogP contribution in [0, 0.1) is 12.7 Å². The van der Waals surface area contributed by atoms with E-state index in [0.717, 1.165) is 40.1 Å². The molecular formula is C30H30FN5S. The van der Waals surface area contributed by atoms with Gasteiger partial charge in [-0.15, -0.1) is 0 Å². The van der Waals surface area contributed by atoms with Crippen LogP contribution in [0.5, 0.6) is 0 Å². The summed E-state index contributed by atoms with van der Waals surface area (Å²) in [5.74, 6) is 0.262. The third-order valence-corrected chi connectivity index (χ3v) is 6.83. The van der Waals surface area contributed by atoms with E-state index in [2.05, 4.69) is 57.0 Å². The second-order valence-electron chi connectivity index (χ2n) is 8.53. The lowest BCUT2D eigenvalue weighted by atomic mass is 10.0. The largest absolute Gasteiger partial charge is 0.359 e. The summed E-state index contributed by atoms with van der Waals surface area (Å²) in [5.41, 5.74) is 7.81. The van der Waals surface area contributed by atoms with Crippen molar-refractivity contribution in [3.05, 3.63) is 113 Å². The minimum absolute atomic E-state index is 0.249. The Morgan fingerprint density at radius 3 is 2.73 bits per heavy atom. The molecule has 0 aliphatic rings. The predicted octanol–water partition coefficient (Wildman–Crippen LogP) is 8.20. The molecule has 4 aromatic rings. The number of hydrogen-bond donors (Lipinski definition) is 3. The highest BCUT2D eigenvalue weighted by Gasteiger charge is 2.17. The Hall–Kier alpha value is -4.23. The molecule has 0 bridgehead atoms. The lowest BCUT2D eigenvalue weighted by Gasteiger charge is -2.13. The monoisotopic (exact) mass is 511 g/mol. The molecule has 4 rings (SSSR count). The Morgan fingerprint density at radius 1 is 1.24 bits per heavy atom. The average molecular weight is 512 g/mol. The summed E-state index contributed by atoms with van der Waals surface area (Å²) in [7, 11) is 0. The summed E-state index contributed by atoms with van der Waals surface area (Å²) in [6.45, 7) is 18.0. The summed E-state index contributed by atoms with van der Waals surface area (Å²) in [6, 6.07) is 7.47. The molecule has 0 aliphatic carbocycles. The highest BCUT2D eigenvalue weighted by molar-refractivity contribution is 7.08. The van der Waals surface area contributed by atoms with Gasteiger partial charge in [-0.3, -0.25) is 5.10 Å². The fourth-order valence-electron chi connectivity index (χ4n) is 4.01. The van der Waals surface area contributed by atoms with Gasteiger partial charge in [-0.2, -0.15) is 16.4 Å². The van der Waals surface area contributed by atoms with Crippen molar-refractivity contribution in [1.82, 2.24) is 20.5 Å². The number of pyridine rings is 1. The molecule has 7 heteroatoms. The maximum atomic E-state index is 15.2. The molecule has 0 saturated carbocycles. The first-order valence-corrected chi connectivity index (χ1v) is 12.9. The van der Waals surface area contributed by atoms with Gasteiger partial charge in [0.1, 0.15) is 11.3 Å². The van der Waals surface area contributed by atoms with Gasteiger partial charge in [0.05, 0.1) is 11.4 Å². The first-order chi connectivity index (χ1) is 17.9. The minimum atomic E-state index is -0.421. The number of nitrogens with one attached hydrogen (secondary N) is 3. The molecule has 0 spiro atoms. The molecule has 0 amide bonds. The second-order valence-corrected chi connectivity index (χ2v) is 9.31. The lowest BCUT2D eigenvalue weighted by Crippen LogP contribution is -2.09. The van der Waals surface area contributed by atoms with Crippen LogP contribution in [0.25, 0.3) is 33.3 Å². The van der Waals surface area contributed by atoms with E-state index in [4.69, 9.17) is 0 Å². The summed E-state index contributed by atoms with van der Waals surface area (Å²) in [6.07, 6.45) is 8.12. The van der Waals surface area contributed by atoms with Gasteiger partial charge in [0.15, 0.2) is 5.82 Å². The van der Waals surface area contributed by atoms with Gasteiger partial charge in [0.25, 0.3) is 0 Å². The summed E-state index contributed by atoms with van der Waals surface area (Å²) >= 11 is 1.65. The molecule has 3 heterocycles. The van der Waals surface area contributed by atoms with E-state index >= 15 is 4.39 Å². The minimum Gasteiger partial charge on any atom is -0.359 e. The number of nitrogens with zero attached hydrogens (tertiary/aromatic N) is 2. The van der Waals surface area contributed by atoms with Gasteiger partial charge in [-0.05, 0) is 95.3 Å². The quantitative estimate of drug-likeness (QED) is 0.188. The highest BCUT2D eigenvalue weighted by atomic mass is 32.1. The third kappa shape index (κ3) is 5.47. The Labute approximate surface area is 220 Å². The maximum Gasteiger partial charge on any atom is 0.151 e. The molecule has 0 aliphatic heterocycles. The molecular weight excluding hydrogens is 481 g/mol. The first kappa shape index (κ1) is 25.9. The first-order valence-electron chi connectivity index (χ1n) is 11.9. The maximum absolute atomic E-state index is 15.2. The van der Waals surface area contributed by atoms with Crippen LogP contribution >= 0.6 is 11.3 Å². The number of thiophene rings is 1. The predicted molar refractivity (Wildman–Crippen MR) is 155 cm³/mol. The van der Waals surface area contributed by atoms with Crippen molar-refractivity contribution in [3.8, 4) is 11.1 Å². The zero-order valence-electron chi connectivity index (χ0n) is 21.3. The average Bonchev–Trinajstić information content (AvgIpc) is 3.58. The van der Waals surface area contributed by atoms with Crippen molar-refractivity contribution >= 4 is 39.3 Å². The Balaban J connectivity index is 1.69. The molecule has 0 radical (unpaired) electrons. The van der Waals surface area contributed by atoms with E-state index in [1.165, 1.54) is 6.07 Å². The molecule has 0 unspecified atom stereocenters. The second kappa shape index (κ2) is 11.2. The number of allylic oxidation sites excluding steroid dienone is 5. The Bertz CT molecular complexity index is 1540. The van der Waals surface area contributed by atoms with Crippen LogP contribution in [0.4, 0.5) is 10.2 Å². The van der Waals surface area contributed by atoms with Crippen molar-refractivity contribution in [2.45, 2.75) is 27.2 Å². The van der Waals surface area contributed by atoms with Crippen molar-refractivity contribution < 1.29 is 4.39 Å². The number of anilines is 1. The molecule has 0 fully saturated rings. The number of halogens is 1. The van der Waals surface area contributed by atoms with Gasteiger partial charge >= 0.3 is 0 Å². The Kier molecular flexibility index (Phi) is 7.84. The van der Waals surface area contributed by atoms with Crippen LogP contribution in [0.3, 0.4) is 0 Å². The number of H-pyrrole nitrogens is 1. The van der Waals surface area contributed by atoms with E-state index < -0.39 is 5.82 Å². The SMILES string of the molecule is C=C/C(=C\C(=C/C)c1cc(F)c2n[nH]c(C(=C)Nc3nccc(-c4ccsc4)c3C)c2c1)NC(=C)CC. The van der Waals surface area contributed by atoms with Crippen LogP contribution in [-0.4, -0.2) is 15.2 Å². The summed E-state index contributed by atoms with van der Waals surface area (Å²) in [5, 5.41) is 18.5. The van der Waals surface area contributed by atoms with Gasteiger partial charge < -0.3 is 10.6 Å². The van der Waals surface area contributed by atoms with E-state index in [1.54, 1.807) is 23.6 Å². The molecule has 37 heavy (non-hydrogen) atoms. The molecule has 0 saturated heterocycles. The topological polar surface area (TPSA) is 65.6 Å². The van der Waals surface area contributed by atoms with Crippen LogP contribution in [0.15, 0.2) is 90.6 Å². The zero-order valence-corrected chi connectivity index (χ0v) is 22.1. The fourth-order valence-corrected chi connectivity index (χ4v) is 4.66. The van der Waals surface area contributed by atoms with Gasteiger partial charge in [-0.25, -0.2) is 9.37 Å². The highest BCUT2D eigenvalue weighted by Crippen LogP contribution is 2.32. The Morgan fingerprint density at radius 2 is 2.05 bits per heavy atom. The van der Waals surface area contributed by atoms with E-state index in [0.29, 0.717) is 28.2 Å². The van der Waals surface area contributed by atoms with Crippen LogP contribution in [0.2, 0.25) is 0 Å². The molecule has 3 N–H and O–H groups in total. The molecule has 1 aromatic carbocycles. The van der Waals surface area contributed by atoms with Crippen molar-refractivity contribution in [2.24, 2.45) is 0 Å². The molecule has 3 aromatic heterocycles. The van der Waals surface area contributed by atoms with Crippen molar-refractivity contribution in [1.29, 1.82) is 0 Å². The van der Waals surface area contributed by atoms with Crippen LogP contribution < -0.4 is 10.6 Å². The molecule has 5 nitrogen and oxygen atoms in total. The van der Waals surface area contributed by atoms with Crippen molar-refractivity contribution in [2.75, 3.05) is 5.32 Å².